The molecule has 4 N–H and O–H groups in total. The van der Waals surface area contributed by atoms with Crippen LogP contribution in [0.5, 0.6) is 0 Å². The van der Waals surface area contributed by atoms with Crippen molar-refractivity contribution < 1.29 is 24.3 Å². The second-order valence-electron chi connectivity index (χ2n) is 11.2. The Hall–Kier alpha value is -2.49. The van der Waals surface area contributed by atoms with Crippen molar-refractivity contribution in [3.05, 3.63) is 35.4 Å². The number of nitrogens with one attached hydrogen (secondary N) is 3. The summed E-state index contributed by atoms with van der Waals surface area (Å²) in [5, 5.41) is 15.1. The quantitative estimate of drug-likeness (QED) is 0.153. The molecule has 3 rings (SSSR count). The van der Waals surface area contributed by atoms with E-state index in [1.165, 1.54) is 17.5 Å². The van der Waals surface area contributed by atoms with Crippen molar-refractivity contribution >= 4 is 17.7 Å². The Morgan fingerprint density at radius 1 is 1.03 bits per heavy atom. The molecule has 1 aliphatic carbocycles. The first-order valence-electron chi connectivity index (χ1n) is 14.8. The molecule has 1 saturated carbocycles. The Kier molecular flexibility index (Phi) is 13.7. The van der Waals surface area contributed by atoms with Crippen molar-refractivity contribution in [2.75, 3.05) is 39.4 Å². The minimum Gasteiger partial charge on any atom is -0.379 e. The number of morpholine rings is 1. The first-order chi connectivity index (χ1) is 18.9. The van der Waals surface area contributed by atoms with Gasteiger partial charge in [0.2, 0.25) is 17.7 Å². The molecule has 1 saturated heterocycles. The van der Waals surface area contributed by atoms with Gasteiger partial charge in [-0.05, 0) is 57.1 Å². The zero-order valence-electron chi connectivity index (χ0n) is 23.6. The molecule has 1 heterocycles. The van der Waals surface area contributed by atoms with Crippen LogP contribution in [0.1, 0.15) is 75.3 Å². The monoisotopic (exact) mass is 544 g/mol. The third kappa shape index (κ3) is 11.6. The number of benzene rings is 1. The van der Waals surface area contributed by atoms with Crippen molar-refractivity contribution in [1.82, 2.24) is 21.0 Å². The first-order valence-corrected chi connectivity index (χ1v) is 14.8. The average Bonchev–Trinajstić information content (AvgIpc) is 2.96. The molecule has 0 unspecified atom stereocenters. The van der Waals surface area contributed by atoms with Crippen LogP contribution in [-0.4, -0.2) is 73.3 Å². The SMILES string of the molecule is Cc1ccc(CCC[C@H](CC(=O)NO)C(=O)N[C@@H](CC2CCCCC2)C(=O)NCCCN2CCOCC2)cc1. The van der Waals surface area contributed by atoms with Crippen molar-refractivity contribution in [3.63, 3.8) is 0 Å². The van der Waals surface area contributed by atoms with E-state index in [1.807, 2.05) is 6.92 Å². The molecule has 39 heavy (non-hydrogen) atoms. The van der Waals surface area contributed by atoms with Crippen LogP contribution in [0.3, 0.4) is 0 Å². The first kappa shape index (κ1) is 31.0. The van der Waals surface area contributed by atoms with Crippen molar-refractivity contribution in [2.45, 2.75) is 83.6 Å². The maximum absolute atomic E-state index is 13.4. The topological polar surface area (TPSA) is 120 Å². The highest BCUT2D eigenvalue weighted by atomic mass is 16.5. The van der Waals surface area contributed by atoms with Gasteiger partial charge in [-0.1, -0.05) is 61.9 Å². The highest BCUT2D eigenvalue weighted by molar-refractivity contribution is 5.90. The predicted octanol–water partition coefficient (Wildman–Crippen LogP) is 3.12. The van der Waals surface area contributed by atoms with E-state index in [2.05, 4.69) is 39.8 Å². The van der Waals surface area contributed by atoms with E-state index < -0.39 is 17.9 Å². The molecule has 1 aromatic rings. The lowest BCUT2D eigenvalue weighted by atomic mass is 9.84. The number of aryl methyl sites for hydroxylation is 2. The summed E-state index contributed by atoms with van der Waals surface area (Å²) < 4.78 is 5.40. The molecule has 2 atom stereocenters. The Balaban J connectivity index is 1.56. The van der Waals surface area contributed by atoms with Gasteiger partial charge in [0.05, 0.1) is 13.2 Å². The average molecular weight is 545 g/mol. The third-order valence-corrected chi connectivity index (χ3v) is 8.05. The van der Waals surface area contributed by atoms with Crippen LogP contribution in [0.2, 0.25) is 0 Å². The number of hydroxylamine groups is 1. The lowest BCUT2D eigenvalue weighted by Gasteiger charge is -2.28. The van der Waals surface area contributed by atoms with Crippen molar-refractivity contribution in [2.24, 2.45) is 11.8 Å². The van der Waals surface area contributed by atoms with Gasteiger partial charge in [-0.25, -0.2) is 5.48 Å². The molecule has 2 fully saturated rings. The maximum Gasteiger partial charge on any atom is 0.244 e. The Bertz CT molecular complexity index is 882. The maximum atomic E-state index is 13.4. The van der Waals surface area contributed by atoms with E-state index in [0.29, 0.717) is 25.3 Å². The Morgan fingerprint density at radius 3 is 2.44 bits per heavy atom. The van der Waals surface area contributed by atoms with Gasteiger partial charge in [0, 0.05) is 32.0 Å². The number of amides is 3. The summed E-state index contributed by atoms with van der Waals surface area (Å²) in [6, 6.07) is 7.66. The number of hydrogen-bond acceptors (Lipinski definition) is 6. The fourth-order valence-electron chi connectivity index (χ4n) is 5.64. The minimum atomic E-state index is -0.624. The molecule has 3 amide bonds. The van der Waals surface area contributed by atoms with Gasteiger partial charge in [0.1, 0.15) is 6.04 Å². The molecule has 1 aromatic carbocycles. The fourth-order valence-corrected chi connectivity index (χ4v) is 5.64. The summed E-state index contributed by atoms with van der Waals surface area (Å²) in [6.07, 6.45) is 9.03. The summed E-state index contributed by atoms with van der Waals surface area (Å²) in [4.78, 5) is 41.0. The molecule has 9 heteroatoms. The number of rotatable bonds is 15. The Labute approximate surface area is 233 Å². The predicted molar refractivity (Wildman–Crippen MR) is 150 cm³/mol. The van der Waals surface area contributed by atoms with Gasteiger partial charge in [0.15, 0.2) is 0 Å². The van der Waals surface area contributed by atoms with Gasteiger partial charge < -0.3 is 15.4 Å². The summed E-state index contributed by atoms with van der Waals surface area (Å²) in [6.45, 7) is 6.84. The van der Waals surface area contributed by atoms with Crippen LogP contribution >= 0.6 is 0 Å². The summed E-state index contributed by atoms with van der Waals surface area (Å²) in [5.41, 5.74) is 4.03. The van der Waals surface area contributed by atoms with Gasteiger partial charge in [0.25, 0.3) is 0 Å². The van der Waals surface area contributed by atoms with E-state index in [-0.39, 0.29) is 18.2 Å². The number of hydrogen-bond donors (Lipinski definition) is 4. The van der Waals surface area contributed by atoms with Gasteiger partial charge >= 0.3 is 0 Å². The van der Waals surface area contributed by atoms with Crippen molar-refractivity contribution in [3.8, 4) is 0 Å². The summed E-state index contributed by atoms with van der Waals surface area (Å²) >= 11 is 0. The minimum absolute atomic E-state index is 0.118. The fraction of sp³-hybridized carbons (Fsp3) is 0.700. The van der Waals surface area contributed by atoms with E-state index in [0.717, 1.165) is 77.8 Å². The third-order valence-electron chi connectivity index (χ3n) is 8.05. The van der Waals surface area contributed by atoms with Crippen LogP contribution in [0, 0.1) is 18.8 Å². The molecule has 0 spiro atoms. The number of carbonyl (C=O) groups is 3. The molecule has 9 nitrogen and oxygen atoms in total. The molecular weight excluding hydrogens is 496 g/mol. The second-order valence-corrected chi connectivity index (χ2v) is 11.2. The van der Waals surface area contributed by atoms with Crippen LogP contribution in [0.25, 0.3) is 0 Å². The van der Waals surface area contributed by atoms with E-state index in [9.17, 15) is 14.4 Å². The molecule has 0 radical (unpaired) electrons. The van der Waals surface area contributed by atoms with E-state index in [4.69, 9.17) is 9.94 Å². The number of carbonyl (C=O) groups excluding carboxylic acids is 3. The molecule has 218 valence electrons. The zero-order valence-corrected chi connectivity index (χ0v) is 23.6. The van der Waals surface area contributed by atoms with Crippen LogP contribution < -0.4 is 16.1 Å². The van der Waals surface area contributed by atoms with Gasteiger partial charge in [-0.2, -0.15) is 0 Å². The highest BCUT2D eigenvalue weighted by Crippen LogP contribution is 2.27. The number of nitrogens with zero attached hydrogens (tertiary/aromatic N) is 1. The van der Waals surface area contributed by atoms with Crippen LogP contribution in [0.15, 0.2) is 24.3 Å². The Morgan fingerprint density at radius 2 is 1.74 bits per heavy atom. The smallest absolute Gasteiger partial charge is 0.244 e. The number of ether oxygens (including phenoxy) is 1. The standard InChI is InChI=1S/C30H48N4O5/c1-23-11-13-24(14-12-23)9-5-10-26(22-28(35)33-38)29(36)32-27(21-25-7-3-2-4-8-25)30(37)31-15-6-16-34-17-19-39-20-18-34/h11-14,25-27,38H,2-10,15-22H2,1H3,(H,31,37)(H,32,36)(H,33,35)/t26-,27+/m1/s1. The molecule has 0 aromatic heterocycles. The van der Waals surface area contributed by atoms with Crippen LogP contribution in [-0.2, 0) is 25.5 Å². The van der Waals surface area contributed by atoms with E-state index in [1.54, 1.807) is 5.48 Å². The van der Waals surface area contributed by atoms with Gasteiger partial charge in [-0.15, -0.1) is 0 Å². The normalized spacial score (nSPS) is 18.2. The molecule has 0 bridgehead atoms. The van der Waals surface area contributed by atoms with Gasteiger partial charge in [-0.3, -0.25) is 24.5 Å². The summed E-state index contributed by atoms with van der Waals surface area (Å²) in [7, 11) is 0. The lowest BCUT2D eigenvalue weighted by molar-refractivity contribution is -0.136. The van der Waals surface area contributed by atoms with Crippen LogP contribution in [0.4, 0.5) is 0 Å². The zero-order chi connectivity index (χ0) is 27.9. The lowest BCUT2D eigenvalue weighted by Crippen LogP contribution is -2.50. The molecule has 1 aliphatic heterocycles. The molecular formula is C30H48N4O5. The van der Waals surface area contributed by atoms with Crippen molar-refractivity contribution in [1.29, 1.82) is 0 Å². The largest absolute Gasteiger partial charge is 0.379 e. The van der Waals surface area contributed by atoms with E-state index >= 15 is 0 Å². The summed E-state index contributed by atoms with van der Waals surface area (Å²) in [5.74, 6) is -1.26. The molecule has 2 aliphatic rings. The second kappa shape index (κ2) is 17.3. The highest BCUT2D eigenvalue weighted by Gasteiger charge is 2.29.